The van der Waals surface area contributed by atoms with E-state index in [4.69, 9.17) is 9.47 Å². The summed E-state index contributed by atoms with van der Waals surface area (Å²) in [5, 5.41) is 0.918. The summed E-state index contributed by atoms with van der Waals surface area (Å²) >= 11 is 3.51. The Morgan fingerprint density at radius 3 is 2.78 bits per heavy atom. The van der Waals surface area contributed by atoms with Crippen LogP contribution in [0.15, 0.2) is 18.2 Å². The first-order chi connectivity index (χ1) is 8.33. The number of hydrogen-bond donors (Lipinski definition) is 0. The van der Waals surface area contributed by atoms with Gasteiger partial charge in [0.2, 0.25) is 0 Å². The van der Waals surface area contributed by atoms with Crippen LogP contribution < -0.4 is 9.47 Å². The van der Waals surface area contributed by atoms with Crippen LogP contribution in [0.25, 0.3) is 0 Å². The third-order valence-corrected chi connectivity index (χ3v) is 4.55. The van der Waals surface area contributed by atoms with E-state index in [1.54, 1.807) is 0 Å². The lowest BCUT2D eigenvalue weighted by atomic mass is 9.98. The number of benzene rings is 1. The molecule has 1 aromatic carbocycles. The fourth-order valence-corrected chi connectivity index (χ4v) is 2.17. The van der Waals surface area contributed by atoms with Crippen molar-refractivity contribution in [3.8, 4) is 11.5 Å². The molecule has 0 saturated heterocycles. The molecule has 0 saturated carbocycles. The Labute approximate surface area is 118 Å². The van der Waals surface area contributed by atoms with Crippen molar-refractivity contribution in [3.63, 3.8) is 0 Å². The molecule has 1 aliphatic heterocycles. The minimum Gasteiger partial charge on any atom is -0.489 e. The molecule has 1 aromatic rings. The van der Waals surface area contributed by atoms with Gasteiger partial charge in [0, 0.05) is 22.7 Å². The summed E-state index contributed by atoms with van der Waals surface area (Å²) in [7, 11) is 0. The Balaban J connectivity index is 2.15. The van der Waals surface area contributed by atoms with Gasteiger partial charge < -0.3 is 9.47 Å². The molecule has 0 bridgehead atoms. The molecule has 0 fully saturated rings. The molecule has 0 unspecified atom stereocenters. The van der Waals surface area contributed by atoms with Crippen molar-refractivity contribution in [3.05, 3.63) is 23.8 Å². The van der Waals surface area contributed by atoms with Gasteiger partial charge in [-0.3, -0.25) is 0 Å². The average Bonchev–Trinajstić information content (AvgIpc) is 2.60. The third-order valence-electron chi connectivity index (χ3n) is 3.04. The van der Waals surface area contributed by atoms with Crippen LogP contribution >= 0.6 is 15.9 Å². The van der Waals surface area contributed by atoms with Crippen molar-refractivity contribution in [2.24, 2.45) is 5.41 Å². The van der Waals surface area contributed by atoms with Crippen LogP contribution in [0.5, 0.6) is 11.5 Å². The molecular weight excluding hydrogens is 292 g/mol. The number of rotatable bonds is 4. The van der Waals surface area contributed by atoms with Crippen molar-refractivity contribution in [2.75, 3.05) is 11.9 Å². The molecule has 0 aliphatic carbocycles. The molecule has 0 radical (unpaired) electrons. The van der Waals surface area contributed by atoms with Crippen LogP contribution in [-0.4, -0.2) is 17.5 Å². The fourth-order valence-electron chi connectivity index (χ4n) is 2.01. The van der Waals surface area contributed by atoms with Crippen LogP contribution in [0.2, 0.25) is 0 Å². The van der Waals surface area contributed by atoms with E-state index >= 15 is 0 Å². The van der Waals surface area contributed by atoms with Gasteiger partial charge in [-0.1, -0.05) is 41.9 Å². The lowest BCUT2D eigenvalue weighted by Crippen LogP contribution is -2.25. The predicted molar refractivity (Wildman–Crippen MR) is 77.9 cm³/mol. The largest absolute Gasteiger partial charge is 0.489 e. The number of fused-ring (bicyclic) bond motifs is 1. The number of hydrogen-bond acceptors (Lipinski definition) is 2. The first kappa shape index (κ1) is 13.7. The molecule has 0 aromatic heterocycles. The van der Waals surface area contributed by atoms with Gasteiger partial charge in [-0.15, -0.1) is 0 Å². The topological polar surface area (TPSA) is 18.5 Å². The Morgan fingerprint density at radius 2 is 2.11 bits per heavy atom. The first-order valence-electron chi connectivity index (χ1n) is 6.33. The van der Waals surface area contributed by atoms with E-state index in [0.29, 0.717) is 6.61 Å². The maximum absolute atomic E-state index is 5.99. The summed E-state index contributed by atoms with van der Waals surface area (Å²) in [6.45, 7) is 9.25. The van der Waals surface area contributed by atoms with Gasteiger partial charge in [0.15, 0.2) is 11.5 Å². The Morgan fingerprint density at radius 1 is 1.39 bits per heavy atom. The minimum atomic E-state index is -0.118. The number of alkyl halides is 1. The maximum atomic E-state index is 5.99. The first-order valence-corrected chi connectivity index (χ1v) is 7.45. The van der Waals surface area contributed by atoms with Gasteiger partial charge in [0.25, 0.3) is 0 Å². The van der Waals surface area contributed by atoms with Crippen molar-refractivity contribution in [2.45, 2.75) is 39.7 Å². The summed E-state index contributed by atoms with van der Waals surface area (Å²) in [6, 6.07) is 6.15. The smallest absolute Gasteiger partial charge is 0.165 e. The van der Waals surface area contributed by atoms with E-state index in [0.717, 1.165) is 23.2 Å². The van der Waals surface area contributed by atoms with E-state index in [1.165, 1.54) is 5.56 Å². The van der Waals surface area contributed by atoms with E-state index in [9.17, 15) is 0 Å². The molecule has 3 heteroatoms. The normalized spacial score (nSPS) is 17.2. The molecule has 1 heterocycles. The minimum absolute atomic E-state index is 0.118. The molecule has 0 atom stereocenters. The van der Waals surface area contributed by atoms with Crippen LogP contribution in [0, 0.1) is 5.41 Å². The summed E-state index contributed by atoms with van der Waals surface area (Å²) in [4.78, 5) is 0. The van der Waals surface area contributed by atoms with Crippen LogP contribution in [0.1, 0.15) is 33.3 Å². The predicted octanol–water partition coefficient (Wildman–Crippen LogP) is 4.20. The Hall–Kier alpha value is -0.700. The number of para-hydroxylation sites is 1. The van der Waals surface area contributed by atoms with Gasteiger partial charge in [0.05, 0.1) is 6.61 Å². The van der Waals surface area contributed by atoms with Crippen molar-refractivity contribution < 1.29 is 9.47 Å². The van der Waals surface area contributed by atoms with E-state index in [-0.39, 0.29) is 11.0 Å². The summed E-state index contributed by atoms with van der Waals surface area (Å²) in [6.07, 6.45) is 0.946. The van der Waals surface area contributed by atoms with E-state index < -0.39 is 0 Å². The molecule has 0 spiro atoms. The standard InChI is InChI=1S/C15H21BrO2/c1-14(2,9-16)10-17-12-7-5-6-11-8-15(3,4)18-13(11)12/h5-7H,8-10H2,1-4H3. The molecule has 0 amide bonds. The zero-order chi connectivity index (χ0) is 13.4. The Kier molecular flexibility index (Phi) is 3.63. The fraction of sp³-hybridized carbons (Fsp3) is 0.600. The molecule has 2 nitrogen and oxygen atoms in total. The van der Waals surface area contributed by atoms with Crippen molar-refractivity contribution >= 4 is 15.9 Å². The highest BCUT2D eigenvalue weighted by atomic mass is 79.9. The van der Waals surface area contributed by atoms with Crippen LogP contribution in [0.3, 0.4) is 0 Å². The quantitative estimate of drug-likeness (QED) is 0.776. The molecule has 0 N–H and O–H groups in total. The molecule has 2 rings (SSSR count). The Bertz CT molecular complexity index is 438. The van der Waals surface area contributed by atoms with Gasteiger partial charge in [-0.25, -0.2) is 0 Å². The highest BCUT2D eigenvalue weighted by molar-refractivity contribution is 9.09. The van der Waals surface area contributed by atoms with E-state index in [2.05, 4.69) is 49.7 Å². The second-order valence-electron chi connectivity index (χ2n) is 6.37. The molecular formula is C15H21BrO2. The third kappa shape index (κ3) is 3.00. The van der Waals surface area contributed by atoms with Crippen molar-refractivity contribution in [1.29, 1.82) is 0 Å². The van der Waals surface area contributed by atoms with Gasteiger partial charge in [-0.2, -0.15) is 0 Å². The van der Waals surface area contributed by atoms with E-state index in [1.807, 2.05) is 12.1 Å². The number of halogens is 1. The zero-order valence-corrected chi connectivity index (χ0v) is 13.1. The SMILES string of the molecule is CC(C)(CBr)COc1cccc2c1OC(C)(C)C2. The summed E-state index contributed by atoms with van der Waals surface area (Å²) in [5.41, 5.74) is 1.25. The zero-order valence-electron chi connectivity index (χ0n) is 11.5. The lowest BCUT2D eigenvalue weighted by Gasteiger charge is -2.23. The van der Waals surface area contributed by atoms with Crippen LogP contribution in [-0.2, 0) is 6.42 Å². The molecule has 1 aliphatic rings. The van der Waals surface area contributed by atoms with Crippen LogP contribution in [0.4, 0.5) is 0 Å². The van der Waals surface area contributed by atoms with Crippen molar-refractivity contribution in [1.82, 2.24) is 0 Å². The highest BCUT2D eigenvalue weighted by Crippen LogP contribution is 2.42. The van der Waals surface area contributed by atoms with Gasteiger partial charge in [0.1, 0.15) is 5.60 Å². The maximum Gasteiger partial charge on any atom is 0.165 e. The second-order valence-corrected chi connectivity index (χ2v) is 6.93. The lowest BCUT2D eigenvalue weighted by molar-refractivity contribution is 0.127. The second kappa shape index (κ2) is 4.76. The summed E-state index contributed by atoms with van der Waals surface area (Å²) < 4.78 is 11.9. The van der Waals surface area contributed by atoms with Gasteiger partial charge >= 0.3 is 0 Å². The molecule has 100 valence electrons. The summed E-state index contributed by atoms with van der Waals surface area (Å²) in [5.74, 6) is 1.79. The van der Waals surface area contributed by atoms with Gasteiger partial charge in [-0.05, 0) is 19.9 Å². The molecule has 18 heavy (non-hydrogen) atoms. The number of ether oxygens (including phenoxy) is 2. The highest BCUT2D eigenvalue weighted by Gasteiger charge is 2.32. The monoisotopic (exact) mass is 312 g/mol. The average molecular weight is 313 g/mol.